The van der Waals surface area contributed by atoms with Gasteiger partial charge in [-0.15, -0.1) is 0 Å². The number of carbonyl (C=O) groups is 1. The lowest BCUT2D eigenvalue weighted by Crippen LogP contribution is -2.16. The summed E-state index contributed by atoms with van der Waals surface area (Å²) in [6.45, 7) is 2.10. The van der Waals surface area contributed by atoms with E-state index in [-0.39, 0.29) is 0 Å². The molecule has 3 rings (SSSR count). The van der Waals surface area contributed by atoms with E-state index in [1.54, 1.807) is 20.2 Å². The minimum absolute atomic E-state index is 0.309. The Labute approximate surface area is 146 Å². The molecule has 0 saturated carbocycles. The third-order valence-corrected chi connectivity index (χ3v) is 4.03. The van der Waals surface area contributed by atoms with Crippen LogP contribution in [0.1, 0.15) is 17.3 Å². The Kier molecular flexibility index (Phi) is 4.84. The Bertz CT molecular complexity index is 894. The summed E-state index contributed by atoms with van der Waals surface area (Å²) in [6, 6.07) is 15.5. The number of benzene rings is 2. The molecule has 128 valence electrons. The molecular formula is C20H20N2O3. The summed E-state index contributed by atoms with van der Waals surface area (Å²) in [5.74, 6) is 0.271. The van der Waals surface area contributed by atoms with Crippen molar-refractivity contribution in [1.82, 2.24) is 4.98 Å². The van der Waals surface area contributed by atoms with Crippen LogP contribution in [0.4, 0.5) is 11.4 Å². The number of hydrogen-bond donors (Lipinski definition) is 0. The molecule has 0 aliphatic carbocycles. The van der Waals surface area contributed by atoms with Gasteiger partial charge in [0.1, 0.15) is 16.8 Å². The number of hydrogen-bond acceptors (Lipinski definition) is 5. The van der Waals surface area contributed by atoms with E-state index in [0.717, 1.165) is 16.8 Å². The Morgan fingerprint density at radius 2 is 1.88 bits per heavy atom. The summed E-state index contributed by atoms with van der Waals surface area (Å²) < 4.78 is 10.6. The smallest absolute Gasteiger partial charge is 0.341 e. The van der Waals surface area contributed by atoms with Gasteiger partial charge in [-0.1, -0.05) is 30.3 Å². The van der Waals surface area contributed by atoms with E-state index in [1.165, 1.54) is 0 Å². The van der Waals surface area contributed by atoms with E-state index in [2.05, 4.69) is 4.98 Å². The standard InChI is InChI=1S/C20H20N2O3/c1-4-25-20(23)16-13-21-18-15(11-8-12-17(18)24-3)19(16)22(2)14-9-6-5-7-10-14/h5-13H,4H2,1-3H3. The molecule has 0 radical (unpaired) electrons. The summed E-state index contributed by atoms with van der Waals surface area (Å²) in [5, 5.41) is 0.830. The molecule has 5 nitrogen and oxygen atoms in total. The van der Waals surface area contributed by atoms with Crippen LogP contribution in [0.2, 0.25) is 0 Å². The summed E-state index contributed by atoms with van der Waals surface area (Å²) in [7, 11) is 3.53. The molecule has 3 aromatic rings. The molecule has 0 amide bonds. The second-order valence-electron chi connectivity index (χ2n) is 5.49. The Morgan fingerprint density at radius 3 is 2.56 bits per heavy atom. The van der Waals surface area contributed by atoms with Gasteiger partial charge in [0.05, 0.1) is 19.4 Å². The number of nitrogens with zero attached hydrogens (tertiary/aromatic N) is 2. The summed E-state index contributed by atoms with van der Waals surface area (Å²) >= 11 is 0. The van der Waals surface area contributed by atoms with Crippen molar-refractivity contribution >= 4 is 28.2 Å². The molecule has 2 aromatic carbocycles. The van der Waals surface area contributed by atoms with E-state index in [0.29, 0.717) is 23.4 Å². The van der Waals surface area contributed by atoms with E-state index in [9.17, 15) is 4.79 Å². The van der Waals surface area contributed by atoms with Crippen molar-refractivity contribution < 1.29 is 14.3 Å². The van der Waals surface area contributed by atoms with Crippen molar-refractivity contribution in [3.05, 3.63) is 60.3 Å². The van der Waals surface area contributed by atoms with E-state index >= 15 is 0 Å². The first kappa shape index (κ1) is 16.8. The van der Waals surface area contributed by atoms with Crippen LogP contribution in [0.5, 0.6) is 5.75 Å². The number of carbonyl (C=O) groups excluding carboxylic acids is 1. The lowest BCUT2D eigenvalue weighted by molar-refractivity contribution is 0.0527. The van der Waals surface area contributed by atoms with Gasteiger partial charge in [0.15, 0.2) is 0 Å². The van der Waals surface area contributed by atoms with Gasteiger partial charge in [0.25, 0.3) is 0 Å². The number of methoxy groups -OCH3 is 1. The molecule has 0 bridgehead atoms. The molecule has 0 unspecified atom stereocenters. The molecule has 0 atom stereocenters. The van der Waals surface area contributed by atoms with Gasteiger partial charge >= 0.3 is 5.97 Å². The zero-order valence-electron chi connectivity index (χ0n) is 14.5. The summed E-state index contributed by atoms with van der Waals surface area (Å²) in [6.07, 6.45) is 1.55. The molecule has 0 aliphatic rings. The largest absolute Gasteiger partial charge is 0.494 e. The molecule has 0 fully saturated rings. The van der Waals surface area contributed by atoms with Gasteiger partial charge in [-0.25, -0.2) is 4.79 Å². The van der Waals surface area contributed by atoms with Crippen LogP contribution in [-0.4, -0.2) is 31.7 Å². The number of rotatable bonds is 5. The fourth-order valence-corrected chi connectivity index (χ4v) is 2.85. The van der Waals surface area contributed by atoms with Crippen LogP contribution in [0.15, 0.2) is 54.7 Å². The number of fused-ring (bicyclic) bond motifs is 1. The van der Waals surface area contributed by atoms with Crippen LogP contribution in [0, 0.1) is 0 Å². The van der Waals surface area contributed by atoms with Crippen molar-refractivity contribution in [1.29, 1.82) is 0 Å². The maximum atomic E-state index is 12.5. The maximum absolute atomic E-state index is 12.5. The van der Waals surface area contributed by atoms with E-state index in [4.69, 9.17) is 9.47 Å². The van der Waals surface area contributed by atoms with Crippen LogP contribution < -0.4 is 9.64 Å². The van der Waals surface area contributed by atoms with E-state index in [1.807, 2.05) is 60.5 Å². The molecule has 0 aliphatic heterocycles. The fraction of sp³-hybridized carbons (Fsp3) is 0.200. The average Bonchev–Trinajstić information content (AvgIpc) is 2.66. The van der Waals surface area contributed by atoms with Gasteiger partial charge in [-0.2, -0.15) is 0 Å². The van der Waals surface area contributed by atoms with E-state index < -0.39 is 5.97 Å². The highest BCUT2D eigenvalue weighted by Gasteiger charge is 2.21. The maximum Gasteiger partial charge on any atom is 0.341 e. The van der Waals surface area contributed by atoms with Gasteiger partial charge in [0.2, 0.25) is 0 Å². The highest BCUT2D eigenvalue weighted by Crippen LogP contribution is 2.36. The van der Waals surface area contributed by atoms with Gasteiger partial charge in [-0.05, 0) is 25.1 Å². The number of anilines is 2. The van der Waals surface area contributed by atoms with Crippen LogP contribution in [-0.2, 0) is 4.74 Å². The lowest BCUT2D eigenvalue weighted by atomic mass is 10.1. The second-order valence-corrected chi connectivity index (χ2v) is 5.49. The van der Waals surface area contributed by atoms with Crippen LogP contribution >= 0.6 is 0 Å². The topological polar surface area (TPSA) is 51.7 Å². The van der Waals surface area contributed by atoms with Gasteiger partial charge < -0.3 is 14.4 Å². The third kappa shape index (κ3) is 3.13. The average molecular weight is 336 g/mol. The third-order valence-electron chi connectivity index (χ3n) is 4.03. The molecular weight excluding hydrogens is 316 g/mol. The minimum Gasteiger partial charge on any atom is -0.494 e. The van der Waals surface area contributed by atoms with Crippen molar-refractivity contribution in [2.75, 3.05) is 25.7 Å². The Morgan fingerprint density at radius 1 is 1.12 bits per heavy atom. The van der Waals surface area contributed by atoms with Crippen molar-refractivity contribution in [3.63, 3.8) is 0 Å². The lowest BCUT2D eigenvalue weighted by Gasteiger charge is -2.24. The number of ether oxygens (including phenoxy) is 2. The van der Waals surface area contributed by atoms with Gasteiger partial charge in [-0.3, -0.25) is 4.98 Å². The normalized spacial score (nSPS) is 10.5. The van der Waals surface area contributed by atoms with Crippen LogP contribution in [0.25, 0.3) is 10.9 Å². The highest BCUT2D eigenvalue weighted by molar-refractivity contribution is 6.07. The summed E-state index contributed by atoms with van der Waals surface area (Å²) in [4.78, 5) is 18.9. The molecule has 1 aromatic heterocycles. The summed E-state index contributed by atoms with van der Waals surface area (Å²) in [5.41, 5.74) is 2.83. The minimum atomic E-state index is -0.391. The fourth-order valence-electron chi connectivity index (χ4n) is 2.85. The predicted octanol–water partition coefficient (Wildman–Crippen LogP) is 4.19. The molecule has 25 heavy (non-hydrogen) atoms. The highest BCUT2D eigenvalue weighted by atomic mass is 16.5. The van der Waals surface area contributed by atoms with Crippen molar-refractivity contribution in [2.24, 2.45) is 0 Å². The Hall–Kier alpha value is -3.08. The first-order chi connectivity index (χ1) is 12.2. The number of para-hydroxylation sites is 2. The first-order valence-electron chi connectivity index (χ1n) is 8.09. The quantitative estimate of drug-likeness (QED) is 0.654. The monoisotopic (exact) mass is 336 g/mol. The molecule has 0 N–H and O–H groups in total. The number of aromatic nitrogens is 1. The molecule has 1 heterocycles. The molecule has 0 spiro atoms. The number of pyridine rings is 1. The predicted molar refractivity (Wildman–Crippen MR) is 98.8 cm³/mol. The van der Waals surface area contributed by atoms with Crippen molar-refractivity contribution in [2.45, 2.75) is 6.92 Å². The van der Waals surface area contributed by atoms with Gasteiger partial charge in [0, 0.05) is 24.3 Å². The SMILES string of the molecule is CCOC(=O)c1cnc2c(OC)cccc2c1N(C)c1ccccc1. The number of esters is 1. The second kappa shape index (κ2) is 7.21. The van der Waals surface area contributed by atoms with Crippen molar-refractivity contribution in [3.8, 4) is 5.75 Å². The molecule has 0 saturated heterocycles. The first-order valence-corrected chi connectivity index (χ1v) is 8.09. The van der Waals surface area contributed by atoms with Crippen LogP contribution in [0.3, 0.4) is 0 Å². The zero-order chi connectivity index (χ0) is 17.8. The Balaban J connectivity index is 2.27. The zero-order valence-corrected chi connectivity index (χ0v) is 14.5. The molecule has 5 heteroatoms.